The van der Waals surface area contributed by atoms with Gasteiger partial charge in [0.25, 0.3) is 11.7 Å². The second kappa shape index (κ2) is 12.8. The molecule has 0 aliphatic carbocycles. The number of Topliss-reactive ketones (excluding diaryl/α,β-unsaturated/α-hetero) is 1. The Bertz CT molecular complexity index is 1300. The number of carbonyl (C=O) groups excluding carboxylic acids is 2. The van der Waals surface area contributed by atoms with E-state index in [0.717, 1.165) is 18.4 Å². The number of amides is 1. The van der Waals surface area contributed by atoms with Gasteiger partial charge in [0, 0.05) is 12.1 Å². The standard InChI is InChI=1S/C32H33NO5/c1-3-5-21-38-27-13-9-12-25(22-27)30(34)28-29(24-14-16-26(17-15-24)37-20-4-2)33(32(36)31(28)35)19-18-23-10-7-6-8-11-23/h4,6-17,22,29,34H,2-3,5,18-21H2,1H3. The van der Waals surface area contributed by atoms with Crippen molar-refractivity contribution in [1.29, 1.82) is 0 Å². The van der Waals surface area contributed by atoms with Crippen LogP contribution in [0.15, 0.2) is 97.1 Å². The van der Waals surface area contributed by atoms with Crippen LogP contribution in [0.5, 0.6) is 11.5 Å². The van der Waals surface area contributed by atoms with Gasteiger partial charge in [-0.1, -0.05) is 80.6 Å². The van der Waals surface area contributed by atoms with Crippen molar-refractivity contribution in [3.63, 3.8) is 0 Å². The molecule has 0 saturated carbocycles. The van der Waals surface area contributed by atoms with Gasteiger partial charge in [-0.25, -0.2) is 0 Å². The molecule has 6 nitrogen and oxygen atoms in total. The van der Waals surface area contributed by atoms with Gasteiger partial charge in [-0.2, -0.15) is 0 Å². The van der Waals surface area contributed by atoms with E-state index in [1.165, 1.54) is 0 Å². The first-order valence-electron chi connectivity index (χ1n) is 12.9. The van der Waals surface area contributed by atoms with E-state index in [4.69, 9.17) is 9.47 Å². The average molecular weight is 512 g/mol. The fourth-order valence-electron chi connectivity index (χ4n) is 4.48. The lowest BCUT2D eigenvalue weighted by Crippen LogP contribution is -2.31. The van der Waals surface area contributed by atoms with E-state index in [1.54, 1.807) is 41.3 Å². The molecule has 1 saturated heterocycles. The molecule has 3 aromatic rings. The molecule has 196 valence electrons. The Hall–Kier alpha value is -4.32. The van der Waals surface area contributed by atoms with Gasteiger partial charge in [0.1, 0.15) is 23.9 Å². The highest BCUT2D eigenvalue weighted by Crippen LogP contribution is 2.40. The predicted molar refractivity (Wildman–Crippen MR) is 148 cm³/mol. The second-order valence-electron chi connectivity index (χ2n) is 9.13. The molecule has 1 fully saturated rings. The Balaban J connectivity index is 1.72. The van der Waals surface area contributed by atoms with Crippen LogP contribution in [0, 0.1) is 0 Å². The van der Waals surface area contributed by atoms with Crippen LogP contribution >= 0.6 is 0 Å². The summed E-state index contributed by atoms with van der Waals surface area (Å²) in [4.78, 5) is 28.2. The molecule has 1 N–H and O–H groups in total. The molecule has 0 spiro atoms. The van der Waals surface area contributed by atoms with Crippen LogP contribution in [0.2, 0.25) is 0 Å². The summed E-state index contributed by atoms with van der Waals surface area (Å²) >= 11 is 0. The molecule has 1 aliphatic rings. The summed E-state index contributed by atoms with van der Waals surface area (Å²) in [5, 5.41) is 11.4. The summed E-state index contributed by atoms with van der Waals surface area (Å²) in [6.07, 6.45) is 4.15. The van der Waals surface area contributed by atoms with Crippen LogP contribution in [0.25, 0.3) is 5.76 Å². The zero-order chi connectivity index (χ0) is 26.9. The third-order valence-electron chi connectivity index (χ3n) is 6.46. The molecule has 0 bridgehead atoms. The summed E-state index contributed by atoms with van der Waals surface area (Å²) in [6, 6.07) is 23.3. The largest absolute Gasteiger partial charge is 0.507 e. The van der Waals surface area contributed by atoms with Crippen molar-refractivity contribution >= 4 is 17.4 Å². The van der Waals surface area contributed by atoms with Crippen LogP contribution in [-0.2, 0) is 16.0 Å². The van der Waals surface area contributed by atoms with E-state index < -0.39 is 17.7 Å². The molecule has 6 heteroatoms. The predicted octanol–water partition coefficient (Wildman–Crippen LogP) is 6.09. The van der Waals surface area contributed by atoms with Gasteiger partial charge in [-0.15, -0.1) is 0 Å². The molecular weight excluding hydrogens is 478 g/mol. The zero-order valence-corrected chi connectivity index (χ0v) is 21.6. The topological polar surface area (TPSA) is 76.1 Å². The average Bonchev–Trinajstić information content (AvgIpc) is 3.20. The van der Waals surface area contributed by atoms with Gasteiger partial charge in [0.15, 0.2) is 0 Å². The molecule has 1 atom stereocenters. The molecule has 0 aromatic heterocycles. The number of rotatable bonds is 12. The minimum Gasteiger partial charge on any atom is -0.507 e. The number of aliphatic hydroxyl groups excluding tert-OH is 1. The van der Waals surface area contributed by atoms with Gasteiger partial charge in [0.05, 0.1) is 18.2 Å². The van der Waals surface area contributed by atoms with E-state index >= 15 is 0 Å². The summed E-state index contributed by atoms with van der Waals surface area (Å²) in [7, 11) is 0. The Labute approximate surface area is 223 Å². The van der Waals surface area contributed by atoms with E-state index in [-0.39, 0.29) is 11.3 Å². The van der Waals surface area contributed by atoms with Crippen molar-refractivity contribution < 1.29 is 24.2 Å². The quantitative estimate of drug-likeness (QED) is 0.105. The van der Waals surface area contributed by atoms with Crippen LogP contribution in [0.3, 0.4) is 0 Å². The van der Waals surface area contributed by atoms with Crippen LogP contribution < -0.4 is 9.47 Å². The number of ether oxygens (including phenoxy) is 2. The Morgan fingerprint density at radius 2 is 1.74 bits per heavy atom. The van der Waals surface area contributed by atoms with E-state index in [0.29, 0.717) is 48.8 Å². The van der Waals surface area contributed by atoms with Gasteiger partial charge < -0.3 is 19.5 Å². The first kappa shape index (κ1) is 26.7. The van der Waals surface area contributed by atoms with Crippen molar-refractivity contribution in [3.05, 3.63) is 114 Å². The summed E-state index contributed by atoms with van der Waals surface area (Å²) in [5.74, 6) is -0.309. The Kier molecular flexibility index (Phi) is 8.98. The maximum atomic E-state index is 13.4. The van der Waals surface area contributed by atoms with Gasteiger partial charge in [0.2, 0.25) is 0 Å². The zero-order valence-electron chi connectivity index (χ0n) is 21.6. The molecule has 1 unspecified atom stereocenters. The first-order valence-corrected chi connectivity index (χ1v) is 12.9. The van der Waals surface area contributed by atoms with Crippen LogP contribution in [0.1, 0.15) is 42.5 Å². The fourth-order valence-corrected chi connectivity index (χ4v) is 4.48. The molecule has 4 rings (SSSR count). The van der Waals surface area contributed by atoms with Gasteiger partial charge >= 0.3 is 0 Å². The summed E-state index contributed by atoms with van der Waals surface area (Å²) < 4.78 is 11.4. The number of carbonyl (C=O) groups is 2. The minimum absolute atomic E-state index is 0.0635. The second-order valence-corrected chi connectivity index (χ2v) is 9.13. The van der Waals surface area contributed by atoms with E-state index in [2.05, 4.69) is 13.5 Å². The van der Waals surface area contributed by atoms with Gasteiger partial charge in [-0.05, 0) is 48.2 Å². The van der Waals surface area contributed by atoms with Crippen molar-refractivity contribution in [2.24, 2.45) is 0 Å². The lowest BCUT2D eigenvalue weighted by atomic mass is 9.95. The molecular formula is C32H33NO5. The molecule has 1 heterocycles. The normalized spacial score (nSPS) is 16.4. The minimum atomic E-state index is -0.739. The highest BCUT2D eigenvalue weighted by molar-refractivity contribution is 6.46. The molecule has 0 radical (unpaired) electrons. The monoisotopic (exact) mass is 511 g/mol. The smallest absolute Gasteiger partial charge is 0.295 e. The number of aliphatic hydroxyl groups is 1. The molecule has 1 aliphatic heterocycles. The highest BCUT2D eigenvalue weighted by atomic mass is 16.5. The number of likely N-dealkylation sites (tertiary alicyclic amines) is 1. The van der Waals surface area contributed by atoms with E-state index in [9.17, 15) is 14.7 Å². The molecule has 38 heavy (non-hydrogen) atoms. The fraction of sp³-hybridized carbons (Fsp3) is 0.250. The SMILES string of the molecule is C=CCOc1ccc(C2C(=C(O)c3cccc(OCCCC)c3)C(=O)C(=O)N2CCc2ccccc2)cc1. The number of nitrogens with zero attached hydrogens (tertiary/aromatic N) is 1. The maximum absolute atomic E-state index is 13.4. The van der Waals surface area contributed by atoms with E-state index in [1.807, 2.05) is 48.5 Å². The lowest BCUT2D eigenvalue weighted by molar-refractivity contribution is -0.139. The molecule has 1 amide bonds. The maximum Gasteiger partial charge on any atom is 0.295 e. The third kappa shape index (κ3) is 6.14. The molecule has 3 aromatic carbocycles. The van der Waals surface area contributed by atoms with Crippen LogP contribution in [0.4, 0.5) is 0 Å². The number of unbranched alkanes of at least 4 members (excludes halogenated alkanes) is 1. The van der Waals surface area contributed by atoms with Crippen LogP contribution in [-0.4, -0.2) is 41.5 Å². The van der Waals surface area contributed by atoms with Gasteiger partial charge in [-0.3, -0.25) is 9.59 Å². The van der Waals surface area contributed by atoms with Crippen molar-refractivity contribution in [2.75, 3.05) is 19.8 Å². The lowest BCUT2D eigenvalue weighted by Gasteiger charge is -2.25. The number of hydrogen-bond acceptors (Lipinski definition) is 5. The summed E-state index contributed by atoms with van der Waals surface area (Å²) in [5.41, 5.74) is 2.25. The first-order chi connectivity index (χ1) is 18.5. The number of hydrogen-bond donors (Lipinski definition) is 1. The Morgan fingerprint density at radius 3 is 2.45 bits per heavy atom. The van der Waals surface area contributed by atoms with Crippen molar-refractivity contribution in [2.45, 2.75) is 32.2 Å². The highest BCUT2D eigenvalue weighted by Gasteiger charge is 2.45. The Morgan fingerprint density at radius 1 is 0.974 bits per heavy atom. The summed E-state index contributed by atoms with van der Waals surface area (Å²) in [6.45, 7) is 7.00. The number of ketones is 1. The third-order valence-corrected chi connectivity index (χ3v) is 6.46. The van der Waals surface area contributed by atoms with Crippen molar-refractivity contribution in [3.8, 4) is 11.5 Å². The van der Waals surface area contributed by atoms with Crippen molar-refractivity contribution in [1.82, 2.24) is 4.90 Å². The number of benzene rings is 3.